The number of esters is 1. The van der Waals surface area contributed by atoms with Crippen LogP contribution in [0.1, 0.15) is 36.5 Å². The Morgan fingerprint density at radius 1 is 0.816 bits per heavy atom. The van der Waals surface area contributed by atoms with Crippen molar-refractivity contribution in [1.82, 2.24) is 10.6 Å². The number of aliphatic hydroxyl groups excluding tert-OH is 1. The van der Waals surface area contributed by atoms with Crippen LogP contribution >= 0.6 is 0 Å². The molecule has 38 heavy (non-hydrogen) atoms. The summed E-state index contributed by atoms with van der Waals surface area (Å²) >= 11 is 0. The minimum Gasteiger partial charge on any atom is -0.459 e. The van der Waals surface area contributed by atoms with Crippen LogP contribution in [0.25, 0.3) is 11.1 Å². The van der Waals surface area contributed by atoms with Crippen LogP contribution in [0.15, 0.2) is 78.9 Å². The normalized spacial score (nSPS) is 13.7. The van der Waals surface area contributed by atoms with Crippen LogP contribution in [-0.2, 0) is 25.7 Å². The first-order valence-electron chi connectivity index (χ1n) is 12.6. The number of nitrogens with one attached hydrogen (secondary N) is 2. The Kier molecular flexibility index (Phi) is 8.76. The molecule has 4 rings (SSSR count). The maximum absolute atomic E-state index is 13.0. The van der Waals surface area contributed by atoms with Crippen molar-refractivity contribution in [2.45, 2.75) is 38.5 Å². The molecule has 8 nitrogen and oxygen atoms in total. The maximum Gasteiger partial charge on any atom is 0.407 e. The Morgan fingerprint density at radius 3 is 1.97 bits per heavy atom. The minimum atomic E-state index is -1.27. The number of benzene rings is 3. The molecule has 0 heterocycles. The van der Waals surface area contributed by atoms with Crippen molar-refractivity contribution >= 4 is 18.0 Å². The highest BCUT2D eigenvalue weighted by atomic mass is 16.5. The molecule has 0 aromatic heterocycles. The van der Waals surface area contributed by atoms with Gasteiger partial charge in [0.2, 0.25) is 5.91 Å². The molecule has 0 spiro atoms. The highest BCUT2D eigenvalue weighted by molar-refractivity contribution is 5.90. The fourth-order valence-electron chi connectivity index (χ4n) is 4.57. The van der Waals surface area contributed by atoms with Gasteiger partial charge in [-0.25, -0.2) is 9.59 Å². The highest BCUT2D eigenvalue weighted by Gasteiger charge is 2.32. The third-order valence-electron chi connectivity index (χ3n) is 6.57. The number of rotatable bonds is 10. The van der Waals surface area contributed by atoms with Crippen LogP contribution in [0.4, 0.5) is 4.79 Å². The molecule has 2 amide bonds. The van der Waals surface area contributed by atoms with Gasteiger partial charge in [0.1, 0.15) is 19.3 Å². The summed E-state index contributed by atoms with van der Waals surface area (Å²) in [6.45, 7) is 3.00. The molecule has 8 heteroatoms. The van der Waals surface area contributed by atoms with E-state index in [0.29, 0.717) is 0 Å². The first-order chi connectivity index (χ1) is 18.4. The molecular weight excluding hydrogens is 484 g/mol. The molecule has 0 saturated heterocycles. The minimum absolute atomic E-state index is 0.0116. The van der Waals surface area contributed by atoms with Gasteiger partial charge < -0.3 is 25.2 Å². The summed E-state index contributed by atoms with van der Waals surface area (Å²) in [6, 6.07) is 22.9. The molecule has 0 fully saturated rings. The summed E-state index contributed by atoms with van der Waals surface area (Å²) in [5, 5.41) is 14.8. The van der Waals surface area contributed by atoms with Crippen molar-refractivity contribution in [2.24, 2.45) is 5.92 Å². The Morgan fingerprint density at radius 2 is 1.39 bits per heavy atom. The molecule has 0 saturated carbocycles. The average molecular weight is 517 g/mol. The van der Waals surface area contributed by atoms with E-state index in [-0.39, 0.29) is 25.0 Å². The van der Waals surface area contributed by atoms with Gasteiger partial charge in [-0.05, 0) is 33.7 Å². The Bertz CT molecular complexity index is 1230. The molecule has 1 aliphatic carbocycles. The van der Waals surface area contributed by atoms with E-state index in [1.807, 2.05) is 54.6 Å². The summed E-state index contributed by atoms with van der Waals surface area (Å²) in [7, 11) is 0. The molecule has 3 aromatic rings. The second-order valence-electron chi connectivity index (χ2n) is 9.53. The van der Waals surface area contributed by atoms with Crippen molar-refractivity contribution in [2.75, 3.05) is 13.2 Å². The third-order valence-corrected chi connectivity index (χ3v) is 6.57. The number of alkyl carbamates (subject to hydrolysis) is 1. The SMILES string of the molecule is CC(C)[C@H](NC(=O)OCC1c2ccccc2-c2ccccc21)C(=O)N[C@@H](CO)C(=O)OCc1ccccc1. The van der Waals surface area contributed by atoms with Crippen LogP contribution in [0, 0.1) is 5.92 Å². The zero-order valence-corrected chi connectivity index (χ0v) is 21.4. The monoisotopic (exact) mass is 516 g/mol. The predicted molar refractivity (Wildman–Crippen MR) is 142 cm³/mol. The van der Waals surface area contributed by atoms with Crippen LogP contribution in [0.3, 0.4) is 0 Å². The number of hydrogen-bond donors (Lipinski definition) is 3. The van der Waals surface area contributed by atoms with Crippen LogP contribution in [0.2, 0.25) is 0 Å². The quantitative estimate of drug-likeness (QED) is 0.354. The lowest BCUT2D eigenvalue weighted by Crippen LogP contribution is -2.55. The molecule has 198 valence electrons. The zero-order chi connectivity index (χ0) is 27.1. The number of hydrogen-bond acceptors (Lipinski definition) is 6. The second kappa shape index (κ2) is 12.4. The lowest BCUT2D eigenvalue weighted by Gasteiger charge is -2.24. The van der Waals surface area contributed by atoms with Crippen LogP contribution in [-0.4, -0.2) is 48.4 Å². The number of carbonyl (C=O) groups is 3. The van der Waals surface area contributed by atoms with E-state index in [1.54, 1.807) is 26.0 Å². The third kappa shape index (κ3) is 6.20. The lowest BCUT2D eigenvalue weighted by atomic mass is 9.98. The summed E-state index contributed by atoms with van der Waals surface area (Å²) in [5.74, 6) is -1.81. The molecule has 3 N–H and O–H groups in total. The van der Waals surface area contributed by atoms with Crippen LogP contribution in [0.5, 0.6) is 0 Å². The molecule has 0 unspecified atom stereocenters. The van der Waals surface area contributed by atoms with E-state index in [1.165, 1.54) is 0 Å². The fraction of sp³-hybridized carbons (Fsp3) is 0.300. The van der Waals surface area contributed by atoms with Crippen molar-refractivity contribution in [3.05, 3.63) is 95.6 Å². The summed E-state index contributed by atoms with van der Waals surface area (Å²) in [4.78, 5) is 38.1. The summed E-state index contributed by atoms with van der Waals surface area (Å²) in [5.41, 5.74) is 5.18. The van der Waals surface area contributed by atoms with E-state index < -0.39 is 36.7 Å². The average Bonchev–Trinajstić information content (AvgIpc) is 3.26. The van der Waals surface area contributed by atoms with E-state index in [0.717, 1.165) is 27.8 Å². The van der Waals surface area contributed by atoms with Gasteiger partial charge in [-0.3, -0.25) is 4.79 Å². The smallest absolute Gasteiger partial charge is 0.407 e. The molecule has 3 aromatic carbocycles. The lowest BCUT2D eigenvalue weighted by molar-refractivity contribution is -0.150. The highest BCUT2D eigenvalue weighted by Crippen LogP contribution is 2.44. The zero-order valence-electron chi connectivity index (χ0n) is 21.4. The van der Waals surface area contributed by atoms with Gasteiger partial charge in [-0.1, -0.05) is 92.7 Å². The summed E-state index contributed by atoms with van der Waals surface area (Å²) < 4.78 is 10.8. The van der Waals surface area contributed by atoms with Crippen molar-refractivity contribution < 1.29 is 29.0 Å². The van der Waals surface area contributed by atoms with E-state index in [4.69, 9.17) is 9.47 Å². The van der Waals surface area contributed by atoms with Gasteiger partial charge in [-0.15, -0.1) is 0 Å². The van der Waals surface area contributed by atoms with Crippen molar-refractivity contribution in [1.29, 1.82) is 0 Å². The Labute approximate surface area is 222 Å². The predicted octanol–water partition coefficient (Wildman–Crippen LogP) is 3.77. The van der Waals surface area contributed by atoms with Crippen molar-refractivity contribution in [3.63, 3.8) is 0 Å². The van der Waals surface area contributed by atoms with E-state index in [9.17, 15) is 19.5 Å². The standard InChI is InChI=1S/C30H32N2O6/c1-19(2)27(28(34)31-26(16-33)29(35)37-17-20-10-4-3-5-11-20)32-30(36)38-18-25-23-14-8-6-12-21(23)22-13-7-9-15-24(22)25/h3-15,19,25-27,33H,16-18H2,1-2H3,(H,31,34)(H,32,36)/t26-,27-/m0/s1. The number of fused-ring (bicyclic) bond motifs is 3. The number of amides is 2. The molecule has 1 aliphatic rings. The largest absolute Gasteiger partial charge is 0.459 e. The van der Waals surface area contributed by atoms with Gasteiger partial charge in [0, 0.05) is 5.92 Å². The number of aliphatic hydroxyl groups is 1. The second-order valence-corrected chi connectivity index (χ2v) is 9.53. The maximum atomic E-state index is 13.0. The first-order valence-corrected chi connectivity index (χ1v) is 12.6. The van der Waals surface area contributed by atoms with Gasteiger partial charge in [0.15, 0.2) is 6.04 Å². The number of carbonyl (C=O) groups excluding carboxylic acids is 3. The topological polar surface area (TPSA) is 114 Å². The van der Waals surface area contributed by atoms with Gasteiger partial charge >= 0.3 is 12.1 Å². The molecular formula is C30H32N2O6. The summed E-state index contributed by atoms with van der Waals surface area (Å²) in [6.07, 6.45) is -0.743. The molecule has 0 radical (unpaired) electrons. The number of ether oxygens (including phenoxy) is 2. The molecule has 2 atom stereocenters. The van der Waals surface area contributed by atoms with E-state index in [2.05, 4.69) is 22.8 Å². The Balaban J connectivity index is 1.34. The van der Waals surface area contributed by atoms with Crippen LogP contribution < -0.4 is 10.6 Å². The van der Waals surface area contributed by atoms with Gasteiger partial charge in [-0.2, -0.15) is 0 Å². The first kappa shape index (κ1) is 26.9. The molecule has 0 aliphatic heterocycles. The fourth-order valence-corrected chi connectivity index (χ4v) is 4.57. The van der Waals surface area contributed by atoms with Gasteiger partial charge in [0.05, 0.1) is 6.61 Å². The molecule has 0 bridgehead atoms. The van der Waals surface area contributed by atoms with Crippen molar-refractivity contribution in [3.8, 4) is 11.1 Å². The Hall–Kier alpha value is -4.17. The van der Waals surface area contributed by atoms with Gasteiger partial charge in [0.25, 0.3) is 0 Å². The van der Waals surface area contributed by atoms with E-state index >= 15 is 0 Å².